The predicted molar refractivity (Wildman–Crippen MR) is 44.9 cm³/mol. The van der Waals surface area contributed by atoms with Crippen LogP contribution >= 0.6 is 12.4 Å². The molecule has 80 valence electrons. The number of nitrogens with one attached hydrogen (secondary N) is 1. The number of hydrogen-bond donors (Lipinski definition) is 1. The van der Waals surface area contributed by atoms with E-state index in [0.29, 0.717) is 19.4 Å². The van der Waals surface area contributed by atoms with Gasteiger partial charge in [-0.1, -0.05) is 0 Å². The Morgan fingerprint density at radius 1 is 1.38 bits per heavy atom. The summed E-state index contributed by atoms with van der Waals surface area (Å²) in [6, 6.07) is 0.117. The molecule has 2 atom stereocenters. The molecule has 0 spiro atoms. The fourth-order valence-corrected chi connectivity index (χ4v) is 1.38. The van der Waals surface area contributed by atoms with Gasteiger partial charge >= 0.3 is 6.36 Å². The molecular formula is C7H13ClF3NO. The van der Waals surface area contributed by atoms with Crippen LogP contribution in [-0.4, -0.2) is 25.1 Å². The second-order valence-corrected chi connectivity index (χ2v) is 3.07. The third-order valence-electron chi connectivity index (χ3n) is 1.88. The van der Waals surface area contributed by atoms with E-state index in [9.17, 15) is 13.2 Å². The maximum Gasteiger partial charge on any atom is 0.522 e. The third kappa shape index (κ3) is 5.33. The highest BCUT2D eigenvalue weighted by Gasteiger charge is 2.34. The molecule has 2 nitrogen and oxygen atoms in total. The Morgan fingerprint density at radius 2 is 2.00 bits per heavy atom. The van der Waals surface area contributed by atoms with Gasteiger partial charge in [-0.25, -0.2) is 0 Å². The molecule has 1 aliphatic rings. The van der Waals surface area contributed by atoms with Crippen LogP contribution in [0.3, 0.4) is 0 Å². The lowest BCUT2D eigenvalue weighted by molar-refractivity contribution is -0.345. The highest BCUT2D eigenvalue weighted by molar-refractivity contribution is 5.85. The first-order valence-electron chi connectivity index (χ1n) is 3.95. The van der Waals surface area contributed by atoms with Gasteiger partial charge in [-0.3, -0.25) is 4.74 Å². The average Bonchev–Trinajstić information content (AvgIpc) is 1.82. The van der Waals surface area contributed by atoms with Gasteiger partial charge in [-0.2, -0.15) is 0 Å². The van der Waals surface area contributed by atoms with Gasteiger partial charge in [-0.15, -0.1) is 25.6 Å². The van der Waals surface area contributed by atoms with Crippen LogP contribution in [0.1, 0.15) is 19.8 Å². The van der Waals surface area contributed by atoms with Crippen LogP contribution in [0.2, 0.25) is 0 Å². The molecule has 0 saturated carbocycles. The van der Waals surface area contributed by atoms with Gasteiger partial charge in [0.1, 0.15) is 0 Å². The minimum atomic E-state index is -4.48. The van der Waals surface area contributed by atoms with Crippen molar-refractivity contribution in [2.75, 3.05) is 6.54 Å². The van der Waals surface area contributed by atoms with Crippen LogP contribution in [0.4, 0.5) is 13.2 Å². The Hall–Kier alpha value is 0. The number of rotatable bonds is 1. The largest absolute Gasteiger partial charge is 0.522 e. The number of piperidine rings is 1. The fraction of sp³-hybridized carbons (Fsp3) is 1.00. The molecule has 0 amide bonds. The van der Waals surface area contributed by atoms with Crippen molar-refractivity contribution >= 4 is 12.4 Å². The summed E-state index contributed by atoms with van der Waals surface area (Å²) in [5.41, 5.74) is 0. The summed E-state index contributed by atoms with van der Waals surface area (Å²) in [5, 5.41) is 3.05. The molecule has 13 heavy (non-hydrogen) atoms. The van der Waals surface area contributed by atoms with Crippen LogP contribution in [0.25, 0.3) is 0 Å². The molecule has 1 aliphatic heterocycles. The Kier molecular flexibility index (Phi) is 5.02. The van der Waals surface area contributed by atoms with E-state index in [-0.39, 0.29) is 18.4 Å². The SMILES string of the molecule is C[C@@H]1CC(OC(F)(F)F)CCN1.Cl. The molecule has 1 heterocycles. The first-order chi connectivity index (χ1) is 5.47. The van der Waals surface area contributed by atoms with Crippen LogP contribution in [0.5, 0.6) is 0 Å². The van der Waals surface area contributed by atoms with Crippen molar-refractivity contribution in [2.45, 2.75) is 38.3 Å². The van der Waals surface area contributed by atoms with E-state index in [1.54, 1.807) is 0 Å². The molecule has 0 aliphatic carbocycles. The first kappa shape index (κ1) is 13.0. The Balaban J connectivity index is 0.00000144. The molecule has 0 radical (unpaired) electrons. The monoisotopic (exact) mass is 219 g/mol. The van der Waals surface area contributed by atoms with Gasteiger partial charge in [0, 0.05) is 6.04 Å². The van der Waals surface area contributed by atoms with Crippen molar-refractivity contribution in [1.29, 1.82) is 0 Å². The van der Waals surface area contributed by atoms with Crippen molar-refractivity contribution in [3.05, 3.63) is 0 Å². The van der Waals surface area contributed by atoms with E-state index in [2.05, 4.69) is 10.1 Å². The zero-order valence-corrected chi connectivity index (χ0v) is 8.04. The summed E-state index contributed by atoms with van der Waals surface area (Å²) < 4.78 is 39.1. The lowest BCUT2D eigenvalue weighted by Crippen LogP contribution is -2.41. The zero-order valence-electron chi connectivity index (χ0n) is 7.23. The summed E-state index contributed by atoms with van der Waals surface area (Å²) >= 11 is 0. The normalized spacial score (nSPS) is 29.5. The molecular weight excluding hydrogens is 207 g/mol. The van der Waals surface area contributed by atoms with E-state index in [0.717, 1.165) is 0 Å². The molecule has 0 aromatic heterocycles. The predicted octanol–water partition coefficient (Wildman–Crippen LogP) is 2.09. The average molecular weight is 220 g/mol. The van der Waals surface area contributed by atoms with Gasteiger partial charge in [0.2, 0.25) is 0 Å². The van der Waals surface area contributed by atoms with Crippen LogP contribution in [0.15, 0.2) is 0 Å². The van der Waals surface area contributed by atoms with Crippen LogP contribution < -0.4 is 5.32 Å². The van der Waals surface area contributed by atoms with E-state index in [4.69, 9.17) is 0 Å². The summed E-state index contributed by atoms with van der Waals surface area (Å²) in [6.45, 7) is 2.45. The highest BCUT2D eigenvalue weighted by Crippen LogP contribution is 2.23. The van der Waals surface area contributed by atoms with Crippen molar-refractivity contribution in [3.63, 3.8) is 0 Å². The van der Waals surface area contributed by atoms with Gasteiger partial charge < -0.3 is 5.32 Å². The van der Waals surface area contributed by atoms with Gasteiger partial charge in [0.25, 0.3) is 0 Å². The number of hydrogen-bond acceptors (Lipinski definition) is 2. The lowest BCUT2D eigenvalue weighted by atomic mass is 10.0. The summed E-state index contributed by atoms with van der Waals surface area (Å²) in [7, 11) is 0. The van der Waals surface area contributed by atoms with E-state index >= 15 is 0 Å². The zero-order chi connectivity index (χ0) is 9.19. The first-order valence-corrected chi connectivity index (χ1v) is 3.95. The van der Waals surface area contributed by atoms with Gasteiger partial charge in [0.05, 0.1) is 6.10 Å². The smallest absolute Gasteiger partial charge is 0.314 e. The topological polar surface area (TPSA) is 21.3 Å². The minimum absolute atomic E-state index is 0. The molecule has 0 bridgehead atoms. The molecule has 1 N–H and O–H groups in total. The molecule has 0 aromatic rings. The van der Waals surface area contributed by atoms with Gasteiger partial charge in [0.15, 0.2) is 0 Å². The summed E-state index contributed by atoms with van der Waals surface area (Å²) in [6.07, 6.45) is -4.29. The van der Waals surface area contributed by atoms with Crippen molar-refractivity contribution in [3.8, 4) is 0 Å². The molecule has 1 saturated heterocycles. The van der Waals surface area contributed by atoms with Gasteiger partial charge in [-0.05, 0) is 26.3 Å². The van der Waals surface area contributed by atoms with Crippen molar-refractivity contribution in [2.24, 2.45) is 0 Å². The third-order valence-corrected chi connectivity index (χ3v) is 1.88. The summed E-state index contributed by atoms with van der Waals surface area (Å²) in [5.74, 6) is 0. The lowest BCUT2D eigenvalue weighted by Gasteiger charge is -2.28. The molecule has 6 heteroatoms. The quantitative estimate of drug-likeness (QED) is 0.729. The molecule has 1 rings (SSSR count). The van der Waals surface area contributed by atoms with E-state index < -0.39 is 12.5 Å². The van der Waals surface area contributed by atoms with E-state index in [1.165, 1.54) is 0 Å². The molecule has 0 aromatic carbocycles. The second-order valence-electron chi connectivity index (χ2n) is 3.07. The number of halogens is 4. The summed E-state index contributed by atoms with van der Waals surface area (Å²) in [4.78, 5) is 0. The Labute approximate surface area is 81.2 Å². The molecule has 1 unspecified atom stereocenters. The molecule has 1 fully saturated rings. The van der Waals surface area contributed by atoms with Crippen molar-refractivity contribution < 1.29 is 17.9 Å². The van der Waals surface area contributed by atoms with E-state index in [1.807, 2.05) is 6.92 Å². The minimum Gasteiger partial charge on any atom is -0.314 e. The maximum absolute atomic E-state index is 11.7. The standard InChI is InChI=1S/C7H12F3NO.ClH/c1-5-4-6(2-3-11-5)12-7(8,9)10;/h5-6,11H,2-4H2,1H3;1H/t5-,6?;/m1./s1. The fourth-order valence-electron chi connectivity index (χ4n) is 1.38. The van der Waals surface area contributed by atoms with Crippen molar-refractivity contribution in [1.82, 2.24) is 5.32 Å². The number of alkyl halides is 3. The second kappa shape index (κ2) is 5.02. The van der Waals surface area contributed by atoms with Crippen LogP contribution in [0, 0.1) is 0 Å². The Bertz CT molecular complexity index is 153. The highest BCUT2D eigenvalue weighted by atomic mass is 35.5. The Morgan fingerprint density at radius 3 is 2.46 bits per heavy atom. The van der Waals surface area contributed by atoms with Crippen LogP contribution in [-0.2, 0) is 4.74 Å². The maximum atomic E-state index is 11.7. The number of ether oxygens (including phenoxy) is 1.